The van der Waals surface area contributed by atoms with Crippen LogP contribution in [0.25, 0.3) is 0 Å². The Morgan fingerprint density at radius 1 is 1.36 bits per heavy atom. The molecule has 0 saturated carbocycles. The van der Waals surface area contributed by atoms with E-state index in [0.717, 1.165) is 12.1 Å². The number of amides is 1. The van der Waals surface area contributed by atoms with Crippen LogP contribution in [0.2, 0.25) is 5.02 Å². The molecule has 5 heteroatoms. The Hall–Kier alpha value is -2.07. The second kappa shape index (κ2) is 5.97. The first-order chi connectivity index (χ1) is 10.6. The number of carbonyl (C=O) groups is 1. The van der Waals surface area contributed by atoms with Crippen molar-refractivity contribution in [2.24, 2.45) is 0 Å². The van der Waals surface area contributed by atoms with Crippen LogP contribution in [-0.2, 0) is 11.2 Å². The Bertz CT molecular complexity index is 720. The molecule has 0 saturated heterocycles. The molecule has 0 spiro atoms. The number of para-hydroxylation sites is 1. The van der Waals surface area contributed by atoms with Crippen LogP contribution in [0.1, 0.15) is 12.5 Å². The van der Waals surface area contributed by atoms with Crippen molar-refractivity contribution in [2.75, 3.05) is 16.8 Å². The summed E-state index contributed by atoms with van der Waals surface area (Å²) in [6, 6.07) is 12.3. The molecular formula is C17H16ClFN2O. The van der Waals surface area contributed by atoms with Crippen LogP contribution >= 0.6 is 11.6 Å². The molecule has 114 valence electrons. The van der Waals surface area contributed by atoms with Crippen LogP contribution < -0.4 is 10.2 Å². The van der Waals surface area contributed by atoms with Crippen molar-refractivity contribution < 1.29 is 9.18 Å². The molecule has 1 amide bonds. The Morgan fingerprint density at radius 3 is 2.91 bits per heavy atom. The van der Waals surface area contributed by atoms with Crippen LogP contribution in [0, 0.1) is 5.82 Å². The van der Waals surface area contributed by atoms with Gasteiger partial charge in [-0.1, -0.05) is 29.8 Å². The zero-order valence-electron chi connectivity index (χ0n) is 12.1. The molecule has 0 aliphatic carbocycles. The van der Waals surface area contributed by atoms with E-state index in [1.807, 2.05) is 31.2 Å². The highest BCUT2D eigenvalue weighted by Gasteiger charge is 2.30. The van der Waals surface area contributed by atoms with Crippen molar-refractivity contribution >= 4 is 28.9 Å². The number of hydrogen-bond acceptors (Lipinski definition) is 2. The number of carbonyl (C=O) groups excluding carboxylic acids is 1. The lowest BCUT2D eigenvalue weighted by molar-refractivity contribution is -0.117. The minimum atomic E-state index is -0.463. The molecule has 1 atom stereocenters. The predicted octanol–water partition coefficient (Wildman–Crippen LogP) is 3.87. The number of rotatable bonds is 3. The number of nitrogens with zero attached hydrogens (tertiary/aromatic N) is 1. The van der Waals surface area contributed by atoms with Gasteiger partial charge >= 0.3 is 0 Å². The highest BCUT2D eigenvalue weighted by Crippen LogP contribution is 2.31. The van der Waals surface area contributed by atoms with Crippen molar-refractivity contribution in [1.29, 1.82) is 0 Å². The van der Waals surface area contributed by atoms with Gasteiger partial charge in [-0.3, -0.25) is 4.79 Å². The van der Waals surface area contributed by atoms with E-state index in [9.17, 15) is 9.18 Å². The fourth-order valence-corrected chi connectivity index (χ4v) is 2.99. The summed E-state index contributed by atoms with van der Waals surface area (Å²) in [6.45, 7) is 2.05. The van der Waals surface area contributed by atoms with Crippen LogP contribution in [0.5, 0.6) is 0 Å². The Morgan fingerprint density at radius 2 is 2.14 bits per heavy atom. The van der Waals surface area contributed by atoms with Crippen LogP contribution in [0.3, 0.4) is 0 Å². The zero-order valence-corrected chi connectivity index (χ0v) is 12.9. The number of hydrogen-bond donors (Lipinski definition) is 1. The third-order valence-electron chi connectivity index (χ3n) is 3.84. The Kier molecular flexibility index (Phi) is 4.03. The van der Waals surface area contributed by atoms with Gasteiger partial charge in [-0.15, -0.1) is 0 Å². The minimum Gasteiger partial charge on any atom is -0.374 e. The summed E-state index contributed by atoms with van der Waals surface area (Å²) >= 11 is 5.72. The van der Waals surface area contributed by atoms with E-state index < -0.39 is 5.82 Å². The smallest absolute Gasteiger partial charge is 0.246 e. The molecule has 3 rings (SSSR count). The van der Waals surface area contributed by atoms with E-state index in [1.54, 1.807) is 11.0 Å². The largest absolute Gasteiger partial charge is 0.374 e. The molecule has 1 heterocycles. The summed E-state index contributed by atoms with van der Waals surface area (Å²) in [7, 11) is 0. The van der Waals surface area contributed by atoms with E-state index in [4.69, 9.17) is 11.6 Å². The molecule has 1 aliphatic heterocycles. The zero-order chi connectivity index (χ0) is 15.7. The van der Waals surface area contributed by atoms with Crippen molar-refractivity contribution in [2.45, 2.75) is 19.4 Å². The minimum absolute atomic E-state index is 0.0389. The summed E-state index contributed by atoms with van der Waals surface area (Å²) in [5.74, 6) is -0.540. The molecule has 2 aromatic rings. The maximum Gasteiger partial charge on any atom is 0.246 e. The van der Waals surface area contributed by atoms with Crippen molar-refractivity contribution in [3.63, 3.8) is 0 Å². The van der Waals surface area contributed by atoms with E-state index in [1.165, 1.54) is 17.7 Å². The first-order valence-corrected chi connectivity index (χ1v) is 7.53. The van der Waals surface area contributed by atoms with Crippen molar-refractivity contribution in [3.8, 4) is 0 Å². The Labute approximate surface area is 133 Å². The molecule has 0 bridgehead atoms. The molecule has 1 aliphatic rings. The lowest BCUT2D eigenvalue weighted by Crippen LogP contribution is -2.39. The molecule has 0 aromatic heterocycles. The van der Waals surface area contributed by atoms with Gasteiger partial charge in [-0.05, 0) is 43.2 Å². The van der Waals surface area contributed by atoms with Gasteiger partial charge in [-0.25, -0.2) is 4.39 Å². The van der Waals surface area contributed by atoms with Crippen molar-refractivity contribution in [1.82, 2.24) is 0 Å². The highest BCUT2D eigenvalue weighted by atomic mass is 35.5. The average Bonchev–Trinajstić information content (AvgIpc) is 2.82. The molecule has 0 unspecified atom stereocenters. The molecule has 1 N–H and O–H groups in total. The average molecular weight is 319 g/mol. The molecule has 3 nitrogen and oxygen atoms in total. The first kappa shape index (κ1) is 14.9. The van der Waals surface area contributed by atoms with Crippen molar-refractivity contribution in [3.05, 3.63) is 58.9 Å². The number of fused-ring (bicyclic) bond motifs is 1. The normalized spacial score (nSPS) is 16.5. The lowest BCUT2D eigenvalue weighted by atomic mass is 10.1. The molecule has 22 heavy (non-hydrogen) atoms. The van der Waals surface area contributed by atoms with Gasteiger partial charge in [0.25, 0.3) is 0 Å². The number of benzene rings is 2. The van der Waals surface area contributed by atoms with Crippen LogP contribution in [0.15, 0.2) is 42.5 Å². The topological polar surface area (TPSA) is 32.3 Å². The number of anilines is 2. The number of halogens is 2. The maximum absolute atomic E-state index is 13.7. The number of nitrogens with one attached hydrogen (secondary N) is 1. The van der Waals surface area contributed by atoms with Gasteiger partial charge in [0, 0.05) is 16.8 Å². The third-order valence-corrected chi connectivity index (χ3v) is 4.07. The maximum atomic E-state index is 13.7. The summed E-state index contributed by atoms with van der Waals surface area (Å²) < 4.78 is 13.7. The van der Waals surface area contributed by atoms with Gasteiger partial charge < -0.3 is 10.2 Å². The highest BCUT2D eigenvalue weighted by molar-refractivity contribution is 6.30. The van der Waals surface area contributed by atoms with E-state index in [0.29, 0.717) is 5.02 Å². The summed E-state index contributed by atoms with van der Waals surface area (Å²) in [6.07, 6.45) is 0.844. The van der Waals surface area contributed by atoms with Gasteiger partial charge in [0.15, 0.2) is 0 Å². The SMILES string of the molecule is C[C@@H]1Cc2ccccc2N1C(=O)CNc1ccc(Cl)cc1F. The van der Waals surface area contributed by atoms with Crippen LogP contribution in [-0.4, -0.2) is 18.5 Å². The fraction of sp³-hybridized carbons (Fsp3) is 0.235. The lowest BCUT2D eigenvalue weighted by Gasteiger charge is -2.23. The second-order valence-electron chi connectivity index (χ2n) is 5.42. The monoisotopic (exact) mass is 318 g/mol. The van der Waals surface area contributed by atoms with Gasteiger partial charge in [0.1, 0.15) is 5.82 Å². The molecular weight excluding hydrogens is 303 g/mol. The van der Waals surface area contributed by atoms with E-state index in [-0.39, 0.29) is 24.2 Å². The summed E-state index contributed by atoms with van der Waals surface area (Å²) in [4.78, 5) is 14.3. The third kappa shape index (κ3) is 2.79. The predicted molar refractivity (Wildman–Crippen MR) is 87.0 cm³/mol. The quantitative estimate of drug-likeness (QED) is 0.931. The standard InChI is InChI=1S/C17H16ClFN2O/c1-11-8-12-4-2-3-5-16(12)21(11)17(22)10-20-15-7-6-13(18)9-14(15)19/h2-7,9,11,20H,8,10H2,1H3/t11-/m1/s1. The fourth-order valence-electron chi connectivity index (χ4n) is 2.83. The summed E-state index contributed by atoms with van der Waals surface area (Å²) in [5.41, 5.74) is 2.39. The van der Waals surface area contributed by atoms with Gasteiger partial charge in [0.05, 0.1) is 12.2 Å². The summed E-state index contributed by atoms with van der Waals surface area (Å²) in [5, 5.41) is 3.17. The Balaban J connectivity index is 1.72. The first-order valence-electron chi connectivity index (χ1n) is 7.15. The van der Waals surface area contributed by atoms with Crippen LogP contribution in [0.4, 0.5) is 15.8 Å². The molecule has 2 aromatic carbocycles. The second-order valence-corrected chi connectivity index (χ2v) is 5.86. The molecule has 0 radical (unpaired) electrons. The van der Waals surface area contributed by atoms with Gasteiger partial charge in [0.2, 0.25) is 5.91 Å². The molecule has 0 fully saturated rings. The van der Waals surface area contributed by atoms with E-state index in [2.05, 4.69) is 5.32 Å². The van der Waals surface area contributed by atoms with Gasteiger partial charge in [-0.2, -0.15) is 0 Å². The van der Waals surface area contributed by atoms with E-state index >= 15 is 0 Å².